The number of halogens is 3. The van der Waals surface area contributed by atoms with Crippen molar-refractivity contribution < 1.29 is 4.42 Å². The number of nitrogens with zero attached hydrogens (tertiary/aromatic N) is 1. The van der Waals surface area contributed by atoms with Crippen molar-refractivity contribution >= 4 is 91.5 Å². The Kier molecular flexibility index (Phi) is 3.95. The molecule has 6 aromatic rings. The Morgan fingerprint density at radius 1 is 0.517 bits per heavy atom. The van der Waals surface area contributed by atoms with Crippen LogP contribution in [-0.2, 0) is 0 Å². The first-order chi connectivity index (χ1) is 14.1. The third-order valence-electron chi connectivity index (χ3n) is 5.36. The molecule has 0 spiro atoms. The van der Waals surface area contributed by atoms with Crippen molar-refractivity contribution in [2.24, 2.45) is 0 Å². The fourth-order valence-corrected chi connectivity index (χ4v) is 5.21. The van der Waals surface area contributed by atoms with Crippen molar-refractivity contribution in [3.63, 3.8) is 0 Å². The zero-order valence-electron chi connectivity index (χ0n) is 14.9. The van der Waals surface area contributed by atoms with Gasteiger partial charge in [0.1, 0.15) is 11.2 Å². The average molecular weight is 570 g/mol. The van der Waals surface area contributed by atoms with Crippen molar-refractivity contribution in [3.05, 3.63) is 86.2 Å². The fourth-order valence-electron chi connectivity index (χ4n) is 4.12. The maximum absolute atomic E-state index is 6.04. The van der Waals surface area contributed by atoms with E-state index in [9.17, 15) is 0 Å². The molecule has 0 bridgehead atoms. The van der Waals surface area contributed by atoms with Gasteiger partial charge < -0.3 is 8.98 Å². The highest BCUT2D eigenvalue weighted by Crippen LogP contribution is 2.37. The molecule has 29 heavy (non-hydrogen) atoms. The molecule has 6 rings (SSSR count). The number of rotatable bonds is 1. The van der Waals surface area contributed by atoms with E-state index in [4.69, 9.17) is 4.42 Å². The average Bonchev–Trinajstić information content (AvgIpc) is 3.22. The van der Waals surface area contributed by atoms with Crippen LogP contribution in [0.25, 0.3) is 49.4 Å². The molecule has 140 valence electrons. The number of benzene rings is 4. The quantitative estimate of drug-likeness (QED) is 0.193. The van der Waals surface area contributed by atoms with Crippen LogP contribution in [0, 0.1) is 0 Å². The van der Waals surface area contributed by atoms with Crippen molar-refractivity contribution in [2.45, 2.75) is 0 Å². The van der Waals surface area contributed by atoms with Gasteiger partial charge in [0.05, 0.1) is 11.0 Å². The summed E-state index contributed by atoms with van der Waals surface area (Å²) < 4.78 is 11.6. The second-order valence-electron chi connectivity index (χ2n) is 7.08. The molecular formula is C24H12Br3NO. The molecule has 0 aliphatic rings. The predicted molar refractivity (Wildman–Crippen MR) is 131 cm³/mol. The van der Waals surface area contributed by atoms with Gasteiger partial charge in [0, 0.05) is 40.7 Å². The van der Waals surface area contributed by atoms with Crippen LogP contribution in [0.5, 0.6) is 0 Å². The Balaban J connectivity index is 1.74. The van der Waals surface area contributed by atoms with E-state index >= 15 is 0 Å². The number of hydrogen-bond acceptors (Lipinski definition) is 1. The van der Waals surface area contributed by atoms with Gasteiger partial charge in [-0.1, -0.05) is 47.8 Å². The highest BCUT2D eigenvalue weighted by molar-refractivity contribution is 9.11. The molecule has 0 radical (unpaired) electrons. The van der Waals surface area contributed by atoms with Crippen molar-refractivity contribution in [1.82, 2.24) is 4.57 Å². The third-order valence-corrected chi connectivity index (χ3v) is 6.84. The minimum Gasteiger partial charge on any atom is -0.456 e. The maximum Gasteiger partial charge on any atom is 0.135 e. The van der Waals surface area contributed by atoms with Gasteiger partial charge >= 0.3 is 0 Å². The molecule has 0 unspecified atom stereocenters. The zero-order chi connectivity index (χ0) is 19.7. The van der Waals surface area contributed by atoms with E-state index in [-0.39, 0.29) is 0 Å². The summed E-state index contributed by atoms with van der Waals surface area (Å²) in [5.41, 5.74) is 5.26. The molecule has 0 fully saturated rings. The van der Waals surface area contributed by atoms with Crippen LogP contribution in [0.15, 0.2) is 90.6 Å². The van der Waals surface area contributed by atoms with Crippen LogP contribution in [0.2, 0.25) is 0 Å². The number of aromatic nitrogens is 1. The Morgan fingerprint density at radius 3 is 1.62 bits per heavy atom. The summed E-state index contributed by atoms with van der Waals surface area (Å²) in [6.45, 7) is 0. The fraction of sp³-hybridized carbons (Fsp3) is 0. The summed E-state index contributed by atoms with van der Waals surface area (Å²) in [7, 11) is 0. The van der Waals surface area contributed by atoms with Crippen LogP contribution < -0.4 is 0 Å². The van der Waals surface area contributed by atoms with Gasteiger partial charge in [0.2, 0.25) is 0 Å². The molecule has 2 nitrogen and oxygen atoms in total. The summed E-state index contributed by atoms with van der Waals surface area (Å²) in [5.74, 6) is 0. The Bertz CT molecular complexity index is 1530. The minimum absolute atomic E-state index is 0.896. The van der Waals surface area contributed by atoms with Gasteiger partial charge in [-0.05, 0) is 72.8 Å². The van der Waals surface area contributed by atoms with Crippen molar-refractivity contribution in [3.8, 4) is 5.69 Å². The van der Waals surface area contributed by atoms with E-state index in [1.165, 1.54) is 21.8 Å². The molecule has 2 heterocycles. The Labute approximate surface area is 191 Å². The molecule has 0 aliphatic carbocycles. The molecule has 0 saturated carbocycles. The monoisotopic (exact) mass is 567 g/mol. The van der Waals surface area contributed by atoms with Crippen LogP contribution in [-0.4, -0.2) is 4.57 Å². The smallest absolute Gasteiger partial charge is 0.135 e. The Morgan fingerprint density at radius 2 is 1.00 bits per heavy atom. The van der Waals surface area contributed by atoms with E-state index < -0.39 is 0 Å². The van der Waals surface area contributed by atoms with Crippen LogP contribution in [0.4, 0.5) is 0 Å². The zero-order valence-corrected chi connectivity index (χ0v) is 19.7. The maximum atomic E-state index is 6.04. The first-order valence-corrected chi connectivity index (χ1v) is 11.5. The molecule has 0 atom stereocenters. The SMILES string of the molecule is Brc1ccc2oc3ccc(-n4c5ccc(Br)cc5c5cc(Br)ccc54)cc3c2c1. The molecule has 0 aliphatic heterocycles. The molecule has 0 N–H and O–H groups in total. The van der Waals surface area contributed by atoms with Crippen LogP contribution in [0.3, 0.4) is 0 Å². The molecule has 5 heteroatoms. The summed E-state index contributed by atoms with van der Waals surface area (Å²) in [5, 5.41) is 4.66. The van der Waals surface area contributed by atoms with Gasteiger partial charge in [0.25, 0.3) is 0 Å². The van der Waals surface area contributed by atoms with E-state index in [0.717, 1.165) is 41.0 Å². The number of hydrogen-bond donors (Lipinski definition) is 0. The van der Waals surface area contributed by atoms with Gasteiger partial charge in [-0.2, -0.15) is 0 Å². The summed E-state index contributed by atoms with van der Waals surface area (Å²) in [6.07, 6.45) is 0. The van der Waals surface area contributed by atoms with E-state index in [0.29, 0.717) is 0 Å². The topological polar surface area (TPSA) is 18.1 Å². The summed E-state index contributed by atoms with van der Waals surface area (Å²) in [4.78, 5) is 0. The third kappa shape index (κ3) is 2.71. The molecular weight excluding hydrogens is 558 g/mol. The van der Waals surface area contributed by atoms with Crippen molar-refractivity contribution in [1.29, 1.82) is 0 Å². The normalized spacial score (nSPS) is 12.0. The molecule has 0 amide bonds. The van der Waals surface area contributed by atoms with Gasteiger partial charge in [-0.15, -0.1) is 0 Å². The van der Waals surface area contributed by atoms with Gasteiger partial charge in [-0.3, -0.25) is 0 Å². The highest BCUT2D eigenvalue weighted by Gasteiger charge is 2.15. The predicted octanol–water partition coefficient (Wildman–Crippen LogP) is 8.97. The summed E-state index contributed by atoms with van der Waals surface area (Å²) >= 11 is 10.8. The summed E-state index contributed by atoms with van der Waals surface area (Å²) in [6, 6.07) is 25.4. The lowest BCUT2D eigenvalue weighted by molar-refractivity contribution is 0.669. The lowest BCUT2D eigenvalue weighted by Gasteiger charge is -2.08. The second-order valence-corrected chi connectivity index (χ2v) is 9.83. The van der Waals surface area contributed by atoms with Gasteiger partial charge in [0.15, 0.2) is 0 Å². The lowest BCUT2D eigenvalue weighted by Crippen LogP contribution is -1.93. The van der Waals surface area contributed by atoms with Crippen LogP contribution in [0.1, 0.15) is 0 Å². The molecule has 0 saturated heterocycles. The van der Waals surface area contributed by atoms with E-state index in [2.05, 4.69) is 113 Å². The first-order valence-electron chi connectivity index (χ1n) is 9.10. The standard InChI is InChI=1S/C24H12Br3NO/c25-13-1-5-21-17(9-13)18-10-14(26)2-6-22(18)28(21)16-4-8-24-20(12-16)19-11-15(27)3-7-23(19)29-24/h1-12H. The second kappa shape index (κ2) is 6.46. The first kappa shape index (κ1) is 17.8. The number of furan rings is 1. The molecule has 4 aromatic carbocycles. The van der Waals surface area contributed by atoms with Crippen molar-refractivity contribution in [2.75, 3.05) is 0 Å². The van der Waals surface area contributed by atoms with Gasteiger partial charge in [-0.25, -0.2) is 0 Å². The lowest BCUT2D eigenvalue weighted by atomic mass is 10.1. The van der Waals surface area contributed by atoms with Crippen LogP contribution >= 0.6 is 47.8 Å². The van der Waals surface area contributed by atoms with E-state index in [1.54, 1.807) is 0 Å². The highest BCUT2D eigenvalue weighted by atomic mass is 79.9. The number of fused-ring (bicyclic) bond motifs is 6. The Hall–Kier alpha value is -2.08. The van der Waals surface area contributed by atoms with E-state index in [1.807, 2.05) is 12.1 Å². The molecule has 2 aromatic heterocycles. The minimum atomic E-state index is 0.896. The largest absolute Gasteiger partial charge is 0.456 e.